The summed E-state index contributed by atoms with van der Waals surface area (Å²) in [6, 6.07) is 3.68. The lowest BCUT2D eigenvalue weighted by atomic mass is 9.75. The molecule has 3 rings (SSSR count). The number of carbonyl (C=O) groups excluding carboxylic acids is 2. The Morgan fingerprint density at radius 2 is 1.31 bits per heavy atom. The average Bonchev–Trinajstić information content (AvgIpc) is 2.60. The van der Waals surface area contributed by atoms with E-state index in [2.05, 4.69) is 9.97 Å². The van der Waals surface area contributed by atoms with E-state index in [4.69, 9.17) is 32.7 Å². The van der Waals surface area contributed by atoms with Crippen LogP contribution in [0, 0.1) is 11.8 Å². The van der Waals surface area contributed by atoms with E-state index < -0.39 is 23.8 Å². The lowest BCUT2D eigenvalue weighted by molar-refractivity contribution is -0.160. The summed E-state index contributed by atoms with van der Waals surface area (Å²) in [6.45, 7) is 4.00. The van der Waals surface area contributed by atoms with E-state index in [1.807, 2.05) is 12.1 Å². The highest BCUT2D eigenvalue weighted by molar-refractivity contribution is 6.40. The Balaban J connectivity index is 2.03. The molecule has 0 spiro atoms. The zero-order chi connectivity index (χ0) is 18.8. The molecule has 0 saturated carbocycles. The maximum absolute atomic E-state index is 12.4. The number of carbonyl (C=O) groups is 2. The first-order valence-corrected chi connectivity index (χ1v) is 9.18. The van der Waals surface area contributed by atoms with Crippen molar-refractivity contribution in [2.45, 2.75) is 26.7 Å². The molecule has 6 nitrogen and oxygen atoms in total. The average molecular weight is 397 g/mol. The quantitative estimate of drug-likeness (QED) is 0.736. The number of hydrogen-bond acceptors (Lipinski definition) is 6. The first-order valence-electron chi connectivity index (χ1n) is 8.42. The molecule has 1 heterocycles. The zero-order valence-electron chi connectivity index (χ0n) is 14.4. The van der Waals surface area contributed by atoms with Crippen molar-refractivity contribution < 1.29 is 19.1 Å². The molecule has 0 N–H and O–H groups in total. The molecular formula is C18H18Cl2N2O4. The molecule has 2 atom stereocenters. The van der Waals surface area contributed by atoms with Crippen molar-refractivity contribution in [3.05, 3.63) is 33.6 Å². The van der Waals surface area contributed by atoms with Crippen LogP contribution < -0.4 is 0 Å². The number of benzene rings is 1. The van der Waals surface area contributed by atoms with Gasteiger partial charge in [0.1, 0.15) is 0 Å². The van der Waals surface area contributed by atoms with Gasteiger partial charge >= 0.3 is 11.9 Å². The van der Waals surface area contributed by atoms with Gasteiger partial charge in [-0.05, 0) is 49.9 Å². The zero-order valence-corrected chi connectivity index (χ0v) is 15.9. The van der Waals surface area contributed by atoms with Crippen LogP contribution in [0.1, 0.15) is 25.0 Å². The van der Waals surface area contributed by atoms with Gasteiger partial charge in [0.15, 0.2) is 10.3 Å². The van der Waals surface area contributed by atoms with Crippen LogP contribution in [-0.4, -0.2) is 35.1 Å². The predicted molar refractivity (Wildman–Crippen MR) is 97.2 cm³/mol. The van der Waals surface area contributed by atoms with Gasteiger partial charge in [0, 0.05) is 0 Å². The third-order valence-electron chi connectivity index (χ3n) is 4.45. The fourth-order valence-electron chi connectivity index (χ4n) is 3.28. The molecule has 0 amide bonds. The van der Waals surface area contributed by atoms with Gasteiger partial charge in [0.25, 0.3) is 0 Å². The van der Waals surface area contributed by atoms with Gasteiger partial charge in [-0.3, -0.25) is 9.59 Å². The highest BCUT2D eigenvalue weighted by atomic mass is 35.5. The van der Waals surface area contributed by atoms with Crippen LogP contribution in [0.4, 0.5) is 0 Å². The summed E-state index contributed by atoms with van der Waals surface area (Å²) in [5.74, 6) is -1.96. The van der Waals surface area contributed by atoms with Crippen LogP contribution in [-0.2, 0) is 31.9 Å². The first-order chi connectivity index (χ1) is 12.4. The fraction of sp³-hybridized carbons (Fsp3) is 0.444. The number of hydrogen-bond donors (Lipinski definition) is 0. The molecule has 0 aliphatic heterocycles. The number of nitrogens with zero attached hydrogens (tertiary/aromatic N) is 2. The summed E-state index contributed by atoms with van der Waals surface area (Å²) >= 11 is 11.9. The molecule has 8 heteroatoms. The molecule has 1 aliphatic carbocycles. The van der Waals surface area contributed by atoms with Crippen molar-refractivity contribution in [3.8, 4) is 0 Å². The minimum atomic E-state index is -0.588. The monoisotopic (exact) mass is 396 g/mol. The normalized spacial score (nSPS) is 19.1. The largest absolute Gasteiger partial charge is 0.466 e. The lowest BCUT2D eigenvalue weighted by Crippen LogP contribution is -2.38. The Kier molecular flexibility index (Phi) is 5.63. The van der Waals surface area contributed by atoms with Crippen molar-refractivity contribution in [1.82, 2.24) is 9.97 Å². The number of fused-ring (bicyclic) bond motifs is 2. The summed E-state index contributed by atoms with van der Waals surface area (Å²) < 4.78 is 10.3. The maximum Gasteiger partial charge on any atom is 0.310 e. The second-order valence-electron chi connectivity index (χ2n) is 6.04. The molecule has 138 valence electrons. The molecule has 1 aromatic carbocycles. The van der Waals surface area contributed by atoms with Crippen molar-refractivity contribution in [2.75, 3.05) is 13.2 Å². The van der Waals surface area contributed by atoms with Crippen molar-refractivity contribution in [3.63, 3.8) is 0 Å². The Hall–Kier alpha value is -1.92. The van der Waals surface area contributed by atoms with Gasteiger partial charge in [-0.2, -0.15) is 0 Å². The van der Waals surface area contributed by atoms with Crippen molar-refractivity contribution in [1.29, 1.82) is 0 Å². The Bertz CT molecular complexity index is 801. The second-order valence-corrected chi connectivity index (χ2v) is 6.76. The number of aromatic nitrogens is 2. The summed E-state index contributed by atoms with van der Waals surface area (Å²) in [7, 11) is 0. The highest BCUT2D eigenvalue weighted by Gasteiger charge is 2.40. The van der Waals surface area contributed by atoms with Gasteiger partial charge in [-0.15, -0.1) is 0 Å². The maximum atomic E-state index is 12.4. The number of ether oxygens (including phenoxy) is 2. The topological polar surface area (TPSA) is 78.4 Å². The van der Waals surface area contributed by atoms with E-state index in [0.29, 0.717) is 23.9 Å². The summed E-state index contributed by atoms with van der Waals surface area (Å²) in [6.07, 6.45) is 0.741. The van der Waals surface area contributed by atoms with E-state index in [1.54, 1.807) is 13.8 Å². The van der Waals surface area contributed by atoms with Gasteiger partial charge in [0.05, 0.1) is 36.1 Å². The third kappa shape index (κ3) is 3.62. The van der Waals surface area contributed by atoms with Crippen LogP contribution in [0.2, 0.25) is 10.3 Å². The van der Waals surface area contributed by atoms with Gasteiger partial charge in [-0.1, -0.05) is 23.2 Å². The van der Waals surface area contributed by atoms with Crippen LogP contribution in [0.25, 0.3) is 11.0 Å². The van der Waals surface area contributed by atoms with Gasteiger partial charge < -0.3 is 9.47 Å². The SMILES string of the molecule is CCOC(=O)[C@@H]1Cc2cc3nc(Cl)c(Cl)nc3cc2C[C@H]1C(=O)OCC. The minimum absolute atomic E-state index is 0.126. The van der Waals surface area contributed by atoms with E-state index in [-0.39, 0.29) is 23.5 Å². The summed E-state index contributed by atoms with van der Waals surface area (Å²) in [5.41, 5.74) is 3.03. The standard InChI is InChI=1S/C18H18Cl2N2O4/c1-3-25-17(23)11-5-9-7-13-14(22-16(20)15(19)21-13)8-10(9)6-12(11)18(24)26-4-2/h7-8,11-12H,3-6H2,1-2H3/t11-,12-/m1/s1. The molecular weight excluding hydrogens is 379 g/mol. The van der Waals surface area contributed by atoms with E-state index in [0.717, 1.165) is 11.1 Å². The predicted octanol–water partition coefficient (Wildman–Crippen LogP) is 3.39. The van der Waals surface area contributed by atoms with Gasteiger partial charge in [0.2, 0.25) is 0 Å². The molecule has 1 aliphatic rings. The summed E-state index contributed by atoms with van der Waals surface area (Å²) in [4.78, 5) is 33.3. The highest BCUT2D eigenvalue weighted by Crippen LogP contribution is 2.34. The minimum Gasteiger partial charge on any atom is -0.466 e. The number of esters is 2. The van der Waals surface area contributed by atoms with Crippen LogP contribution >= 0.6 is 23.2 Å². The van der Waals surface area contributed by atoms with E-state index >= 15 is 0 Å². The Morgan fingerprint density at radius 1 is 0.923 bits per heavy atom. The molecule has 0 saturated heterocycles. The van der Waals surface area contributed by atoms with Crippen LogP contribution in [0.5, 0.6) is 0 Å². The molecule has 0 bridgehead atoms. The molecule has 0 fully saturated rings. The smallest absolute Gasteiger partial charge is 0.310 e. The molecule has 0 radical (unpaired) electrons. The molecule has 1 aromatic heterocycles. The lowest BCUT2D eigenvalue weighted by Gasteiger charge is -2.30. The Labute approximate surface area is 160 Å². The Morgan fingerprint density at radius 3 is 1.65 bits per heavy atom. The third-order valence-corrected chi connectivity index (χ3v) is 5.07. The van der Waals surface area contributed by atoms with Crippen LogP contribution in [0.15, 0.2) is 12.1 Å². The first kappa shape index (κ1) is 18.9. The van der Waals surface area contributed by atoms with E-state index in [1.165, 1.54) is 0 Å². The number of halogens is 2. The second kappa shape index (κ2) is 7.76. The molecule has 0 unspecified atom stereocenters. The van der Waals surface area contributed by atoms with E-state index in [9.17, 15) is 9.59 Å². The fourth-order valence-corrected chi connectivity index (χ4v) is 3.55. The molecule has 2 aromatic rings. The van der Waals surface area contributed by atoms with Crippen molar-refractivity contribution in [2.24, 2.45) is 11.8 Å². The van der Waals surface area contributed by atoms with Gasteiger partial charge in [-0.25, -0.2) is 9.97 Å². The molecule has 26 heavy (non-hydrogen) atoms. The number of rotatable bonds is 4. The summed E-state index contributed by atoms with van der Waals surface area (Å²) in [5, 5.41) is 0.252. The van der Waals surface area contributed by atoms with Crippen molar-refractivity contribution >= 4 is 46.2 Å². The van der Waals surface area contributed by atoms with Crippen LogP contribution in [0.3, 0.4) is 0 Å².